The molecule has 0 aliphatic carbocycles. The van der Waals surface area contributed by atoms with Gasteiger partial charge in [0.2, 0.25) is 0 Å². The van der Waals surface area contributed by atoms with Gasteiger partial charge >= 0.3 is 7.12 Å². The van der Waals surface area contributed by atoms with Crippen molar-refractivity contribution in [2.24, 2.45) is 5.73 Å². The third-order valence-corrected chi connectivity index (χ3v) is 6.36. The minimum absolute atomic E-state index is 0.191. The van der Waals surface area contributed by atoms with Crippen molar-refractivity contribution in [2.45, 2.75) is 58.2 Å². The van der Waals surface area contributed by atoms with E-state index >= 15 is 0 Å². The lowest BCUT2D eigenvalue weighted by atomic mass is 9.76. The van der Waals surface area contributed by atoms with Crippen LogP contribution in [-0.4, -0.2) is 37.3 Å². The Morgan fingerprint density at radius 2 is 1.86 bits per heavy atom. The third kappa shape index (κ3) is 3.92. The van der Waals surface area contributed by atoms with Gasteiger partial charge in [-0.15, -0.1) is 0 Å². The Morgan fingerprint density at radius 1 is 1.28 bits per heavy atom. The van der Waals surface area contributed by atoms with E-state index in [1.165, 1.54) is 6.92 Å². The summed E-state index contributed by atoms with van der Waals surface area (Å²) in [5, 5.41) is 0.402. The van der Waals surface area contributed by atoms with E-state index in [-0.39, 0.29) is 5.57 Å². The molecule has 1 aromatic rings. The lowest BCUT2D eigenvalue weighted by Crippen LogP contribution is -2.44. The molecule has 2 N–H and O–H groups in total. The molecular weight excluding hydrogens is 397 g/mol. The van der Waals surface area contributed by atoms with E-state index in [1.54, 1.807) is 17.0 Å². The van der Waals surface area contributed by atoms with Crippen LogP contribution in [0, 0.1) is 0 Å². The van der Waals surface area contributed by atoms with E-state index in [9.17, 15) is 8.78 Å². The van der Waals surface area contributed by atoms with Gasteiger partial charge in [0.05, 0.1) is 22.8 Å². The van der Waals surface area contributed by atoms with Gasteiger partial charge in [-0.3, -0.25) is 0 Å². The van der Waals surface area contributed by atoms with E-state index < -0.39 is 30.8 Å². The van der Waals surface area contributed by atoms with Gasteiger partial charge in [-0.05, 0) is 52.7 Å². The van der Waals surface area contributed by atoms with Crippen molar-refractivity contribution in [1.82, 2.24) is 0 Å². The molecule has 2 aliphatic rings. The van der Waals surface area contributed by atoms with Crippen molar-refractivity contribution < 1.29 is 18.1 Å². The zero-order chi connectivity index (χ0) is 21.8. The molecule has 1 aromatic carbocycles. The molecular formula is C21H28BClF2N2O2. The minimum Gasteiger partial charge on any atom is -0.399 e. The van der Waals surface area contributed by atoms with Gasteiger partial charge < -0.3 is 19.9 Å². The Morgan fingerprint density at radius 3 is 2.41 bits per heavy atom. The summed E-state index contributed by atoms with van der Waals surface area (Å²) < 4.78 is 41.7. The van der Waals surface area contributed by atoms with Crippen LogP contribution in [0.5, 0.6) is 0 Å². The van der Waals surface area contributed by atoms with Crippen molar-refractivity contribution in [3.8, 4) is 0 Å². The first-order valence-corrected chi connectivity index (χ1v) is 10.1. The number of fused-ring (bicyclic) bond motifs is 1. The second-order valence-electron chi connectivity index (χ2n) is 8.80. The van der Waals surface area contributed by atoms with Crippen molar-refractivity contribution in [1.29, 1.82) is 0 Å². The van der Waals surface area contributed by atoms with Gasteiger partial charge in [0, 0.05) is 29.0 Å². The lowest BCUT2D eigenvalue weighted by Gasteiger charge is -2.32. The normalized spacial score (nSPS) is 20.9. The molecule has 29 heavy (non-hydrogen) atoms. The van der Waals surface area contributed by atoms with E-state index in [1.807, 2.05) is 33.8 Å². The zero-order valence-electron chi connectivity index (χ0n) is 17.6. The van der Waals surface area contributed by atoms with E-state index in [4.69, 9.17) is 26.6 Å². The molecule has 0 radical (unpaired) electrons. The molecule has 1 saturated heterocycles. The monoisotopic (exact) mass is 424 g/mol. The first kappa shape index (κ1) is 22.1. The number of alkyl halides is 2. The molecule has 0 aromatic heterocycles. The highest BCUT2D eigenvalue weighted by molar-refractivity contribution is 6.64. The predicted molar refractivity (Wildman–Crippen MR) is 116 cm³/mol. The standard InChI is InChI=1S/C21H28BClF2N2O2/c1-13(2)21(24,25)12-27-11-7-8-16(26)17-15(23)10-9-14(18(17)27)22-28-19(3,4)20(5,6)29-22/h8-10H,1,7,11-12,26H2,2-6H3. The Hall–Kier alpha value is -1.57. The van der Waals surface area contributed by atoms with Crippen LogP contribution in [0.4, 0.5) is 14.5 Å². The summed E-state index contributed by atoms with van der Waals surface area (Å²) in [5.41, 5.74) is 7.11. The van der Waals surface area contributed by atoms with Crippen LogP contribution in [0.25, 0.3) is 5.70 Å². The van der Waals surface area contributed by atoms with Crippen LogP contribution in [0.3, 0.4) is 0 Å². The fourth-order valence-electron chi connectivity index (χ4n) is 3.48. The molecule has 0 spiro atoms. The number of nitrogens with zero attached hydrogens (tertiary/aromatic N) is 1. The number of benzene rings is 1. The van der Waals surface area contributed by atoms with Crippen molar-refractivity contribution in [2.75, 3.05) is 18.0 Å². The molecule has 4 nitrogen and oxygen atoms in total. The molecule has 2 aliphatic heterocycles. The van der Waals surface area contributed by atoms with E-state index in [0.29, 0.717) is 40.4 Å². The van der Waals surface area contributed by atoms with Crippen molar-refractivity contribution in [3.05, 3.63) is 40.9 Å². The number of hydrogen-bond acceptors (Lipinski definition) is 4. The molecule has 0 amide bonds. The first-order chi connectivity index (χ1) is 13.3. The summed E-state index contributed by atoms with van der Waals surface area (Å²) in [6, 6.07) is 3.48. The van der Waals surface area contributed by atoms with E-state index in [2.05, 4.69) is 6.58 Å². The maximum atomic E-state index is 14.6. The topological polar surface area (TPSA) is 47.7 Å². The largest absolute Gasteiger partial charge is 0.496 e. The molecule has 2 heterocycles. The molecule has 1 fully saturated rings. The maximum absolute atomic E-state index is 14.6. The van der Waals surface area contributed by atoms with Crippen LogP contribution in [-0.2, 0) is 9.31 Å². The quantitative estimate of drug-likeness (QED) is 0.576. The number of rotatable bonds is 4. The number of hydrogen-bond donors (Lipinski definition) is 1. The number of anilines is 1. The summed E-state index contributed by atoms with van der Waals surface area (Å²) in [6.07, 6.45) is 2.34. The van der Waals surface area contributed by atoms with Gasteiger partial charge in [-0.2, -0.15) is 8.78 Å². The summed E-state index contributed by atoms with van der Waals surface area (Å²) in [5.74, 6) is -3.06. The highest BCUT2D eigenvalue weighted by Gasteiger charge is 2.53. The van der Waals surface area contributed by atoms with Crippen LogP contribution < -0.4 is 16.1 Å². The average molecular weight is 425 g/mol. The van der Waals surface area contributed by atoms with Crippen LogP contribution in [0.2, 0.25) is 5.02 Å². The van der Waals surface area contributed by atoms with Crippen LogP contribution >= 0.6 is 11.6 Å². The fourth-order valence-corrected chi connectivity index (χ4v) is 3.74. The first-order valence-electron chi connectivity index (χ1n) is 9.69. The number of halogens is 3. The molecule has 0 atom stereocenters. The zero-order valence-corrected chi connectivity index (χ0v) is 18.4. The average Bonchev–Trinajstić information content (AvgIpc) is 2.70. The second kappa shape index (κ2) is 7.29. The van der Waals surface area contributed by atoms with Gasteiger partial charge in [0.15, 0.2) is 0 Å². The van der Waals surface area contributed by atoms with Crippen LogP contribution in [0.1, 0.15) is 46.6 Å². The molecule has 0 saturated carbocycles. The summed E-state index contributed by atoms with van der Waals surface area (Å²) in [6.45, 7) is 12.4. The highest BCUT2D eigenvalue weighted by atomic mass is 35.5. The molecule has 158 valence electrons. The summed E-state index contributed by atoms with van der Waals surface area (Å²) in [7, 11) is -0.724. The van der Waals surface area contributed by atoms with E-state index in [0.717, 1.165) is 0 Å². The van der Waals surface area contributed by atoms with Crippen LogP contribution in [0.15, 0.2) is 30.4 Å². The molecule has 0 unspecified atom stereocenters. The SMILES string of the molecule is C=C(C)C(F)(F)CN1CCC=C(N)c2c(Cl)ccc(B3OC(C)(C)C(C)(C)O3)c21. The molecule has 8 heteroatoms. The van der Waals surface area contributed by atoms with Gasteiger partial charge in [-0.1, -0.05) is 30.3 Å². The Bertz CT molecular complexity index is 854. The second-order valence-corrected chi connectivity index (χ2v) is 9.21. The predicted octanol–water partition coefficient (Wildman–Crippen LogP) is 4.36. The van der Waals surface area contributed by atoms with Gasteiger partial charge in [0.25, 0.3) is 5.92 Å². The maximum Gasteiger partial charge on any atom is 0.496 e. The Kier molecular flexibility index (Phi) is 5.56. The third-order valence-electron chi connectivity index (χ3n) is 6.05. The fraction of sp³-hybridized carbons (Fsp3) is 0.524. The smallest absolute Gasteiger partial charge is 0.399 e. The van der Waals surface area contributed by atoms with Crippen molar-refractivity contribution >= 4 is 35.6 Å². The molecule has 3 rings (SSSR count). The van der Waals surface area contributed by atoms with Gasteiger partial charge in [0.1, 0.15) is 0 Å². The minimum atomic E-state index is -3.06. The molecule has 0 bridgehead atoms. The Labute approximate surface area is 176 Å². The van der Waals surface area contributed by atoms with Crippen molar-refractivity contribution in [3.63, 3.8) is 0 Å². The lowest BCUT2D eigenvalue weighted by molar-refractivity contribution is 0.00578. The number of nitrogens with two attached hydrogens (primary N) is 1. The summed E-state index contributed by atoms with van der Waals surface area (Å²) >= 11 is 6.47. The Balaban J connectivity index is 2.15. The van der Waals surface area contributed by atoms with Gasteiger partial charge in [-0.25, -0.2) is 0 Å². The summed E-state index contributed by atoms with van der Waals surface area (Å²) in [4.78, 5) is 1.62. The highest BCUT2D eigenvalue weighted by Crippen LogP contribution is 2.40.